The molecule has 10 atom stereocenters. The number of allylic oxidation sites excluding steroid dienone is 4. The van der Waals surface area contributed by atoms with Crippen LogP contribution >= 0.6 is 0 Å². The predicted molar refractivity (Wildman–Crippen MR) is 168 cm³/mol. The average molecular weight is 628 g/mol. The van der Waals surface area contributed by atoms with Crippen LogP contribution in [0.2, 0.25) is 0 Å². The first-order valence-electron chi connectivity index (χ1n) is 15.9. The number of fused-ring (bicyclic) bond motifs is 3. The summed E-state index contributed by atoms with van der Waals surface area (Å²) in [6.45, 7) is 11.4. The van der Waals surface area contributed by atoms with E-state index in [1.165, 1.54) is 0 Å². The average Bonchev–Trinajstić information content (AvgIpc) is 3.50. The molecule has 3 aliphatic heterocycles. The Kier molecular flexibility index (Phi) is 11.6. The molecule has 4 heterocycles. The van der Waals surface area contributed by atoms with E-state index in [0.717, 1.165) is 16.8 Å². The molecule has 2 N–H and O–H groups in total. The van der Waals surface area contributed by atoms with Crippen molar-refractivity contribution in [1.29, 1.82) is 0 Å². The van der Waals surface area contributed by atoms with Crippen molar-refractivity contribution in [1.82, 2.24) is 4.98 Å². The number of aliphatic hydroxyl groups is 2. The summed E-state index contributed by atoms with van der Waals surface area (Å²) in [4.78, 5) is 29.8. The molecule has 0 radical (unpaired) electrons. The van der Waals surface area contributed by atoms with Crippen LogP contribution in [0.4, 0.5) is 0 Å². The third-order valence-corrected chi connectivity index (χ3v) is 9.37. The zero-order valence-corrected chi connectivity index (χ0v) is 27.5. The SMILES string of the molecule is COC(/C(C)=C/C=C/C(C)=C\c1coc(C)n1)C(C)C1CC(O)C2(C)OC2/C=C/C(C)C2CC(CCC(O)C(=O)O1)CC(=O)O2. The van der Waals surface area contributed by atoms with Gasteiger partial charge < -0.3 is 33.6 Å². The fourth-order valence-corrected chi connectivity index (χ4v) is 6.34. The summed E-state index contributed by atoms with van der Waals surface area (Å²) in [5, 5.41) is 22.2. The number of methoxy groups -OCH3 is 1. The first kappa shape index (κ1) is 34.8. The molecule has 10 heteroatoms. The molecule has 0 spiro atoms. The third kappa shape index (κ3) is 9.03. The number of oxazole rings is 1. The monoisotopic (exact) mass is 627 g/mol. The number of carbonyl (C=O) groups is 2. The second kappa shape index (κ2) is 15.0. The third-order valence-electron chi connectivity index (χ3n) is 9.37. The lowest BCUT2D eigenvalue weighted by molar-refractivity contribution is -0.167. The molecule has 2 bridgehead atoms. The minimum Gasteiger partial charge on any atom is -0.462 e. The normalized spacial score (nSPS) is 35.7. The summed E-state index contributed by atoms with van der Waals surface area (Å²) in [5.41, 5.74) is 1.75. The number of aromatic nitrogens is 1. The summed E-state index contributed by atoms with van der Waals surface area (Å²) in [5.74, 6) is -0.844. The molecule has 1 aromatic rings. The quantitative estimate of drug-likeness (QED) is 0.183. The largest absolute Gasteiger partial charge is 0.462 e. The van der Waals surface area contributed by atoms with Gasteiger partial charge in [-0.15, -0.1) is 0 Å². The van der Waals surface area contributed by atoms with Gasteiger partial charge in [-0.2, -0.15) is 0 Å². The second-order valence-corrected chi connectivity index (χ2v) is 13.1. The molecular weight excluding hydrogens is 578 g/mol. The van der Waals surface area contributed by atoms with Crippen LogP contribution in [0.1, 0.15) is 78.3 Å². The second-order valence-electron chi connectivity index (χ2n) is 13.1. The summed E-state index contributed by atoms with van der Waals surface area (Å²) < 4.78 is 28.6. The van der Waals surface area contributed by atoms with Crippen LogP contribution in [0, 0.1) is 24.7 Å². The molecule has 10 nitrogen and oxygen atoms in total. The maximum Gasteiger partial charge on any atom is 0.335 e. The van der Waals surface area contributed by atoms with E-state index in [1.807, 2.05) is 71.1 Å². The van der Waals surface area contributed by atoms with Crippen LogP contribution in [0.3, 0.4) is 0 Å². The summed E-state index contributed by atoms with van der Waals surface area (Å²) in [6.07, 6.45) is 10.7. The molecule has 3 aliphatic rings. The van der Waals surface area contributed by atoms with E-state index >= 15 is 0 Å². The van der Waals surface area contributed by atoms with Crippen LogP contribution in [0.15, 0.2) is 52.2 Å². The number of carbonyl (C=O) groups excluding carboxylic acids is 2. The Morgan fingerprint density at radius 3 is 2.60 bits per heavy atom. The fraction of sp³-hybridized carbons (Fsp3) is 0.629. The first-order chi connectivity index (χ1) is 21.3. The standard InChI is InChI=1S/C35H49NO9/c1-20(15-26-19-42-24(5)36-26)9-8-10-22(3)33(41-7)23(4)29-18-30(38)35(6)31(45-35)14-11-21(2)28-16-25(17-32(39)43-28)12-13-27(37)34(40)44-29/h8-11,14-15,19,21,23,25,27-31,33,37-38H,12-13,16-18H2,1-7H3/b9-8+,14-11+,20-15-,22-10+. The number of hydrogen-bond acceptors (Lipinski definition) is 10. The lowest BCUT2D eigenvalue weighted by atomic mass is 9.84. The number of rotatable bonds is 7. The van der Waals surface area contributed by atoms with E-state index in [9.17, 15) is 19.8 Å². The fourth-order valence-electron chi connectivity index (χ4n) is 6.34. The topological polar surface area (TPSA) is 141 Å². The number of epoxide rings is 1. The van der Waals surface area contributed by atoms with Gasteiger partial charge in [-0.05, 0) is 63.2 Å². The molecule has 4 rings (SSSR count). The van der Waals surface area contributed by atoms with Crippen molar-refractivity contribution < 1.29 is 43.2 Å². The van der Waals surface area contributed by atoms with E-state index < -0.39 is 36.0 Å². The smallest absolute Gasteiger partial charge is 0.335 e. The van der Waals surface area contributed by atoms with Crippen molar-refractivity contribution in [2.45, 2.75) is 116 Å². The van der Waals surface area contributed by atoms with Gasteiger partial charge in [-0.25, -0.2) is 9.78 Å². The molecule has 0 aliphatic carbocycles. The van der Waals surface area contributed by atoms with Gasteiger partial charge in [-0.3, -0.25) is 4.79 Å². The highest BCUT2D eigenvalue weighted by molar-refractivity contribution is 5.74. The molecule has 0 saturated carbocycles. The Morgan fingerprint density at radius 1 is 1.16 bits per heavy atom. The van der Waals surface area contributed by atoms with Gasteiger partial charge in [0.25, 0.3) is 0 Å². The maximum atomic E-state index is 13.2. The molecular formula is C35H49NO9. The van der Waals surface area contributed by atoms with Crippen molar-refractivity contribution in [3.8, 4) is 0 Å². The van der Waals surface area contributed by atoms with Crippen LogP contribution in [-0.2, 0) is 28.5 Å². The molecule has 10 unspecified atom stereocenters. The maximum absolute atomic E-state index is 13.2. The van der Waals surface area contributed by atoms with E-state index in [-0.39, 0.29) is 55.2 Å². The number of esters is 2. The molecule has 1 aromatic heterocycles. The number of aliphatic hydroxyl groups excluding tert-OH is 2. The van der Waals surface area contributed by atoms with E-state index in [2.05, 4.69) is 4.98 Å². The van der Waals surface area contributed by atoms with E-state index in [4.69, 9.17) is 23.4 Å². The van der Waals surface area contributed by atoms with Gasteiger partial charge in [0.1, 0.15) is 35.9 Å². The minimum absolute atomic E-state index is 0.00120. The van der Waals surface area contributed by atoms with Crippen LogP contribution in [0.5, 0.6) is 0 Å². The Morgan fingerprint density at radius 2 is 1.91 bits per heavy atom. The van der Waals surface area contributed by atoms with Crippen molar-refractivity contribution in [3.63, 3.8) is 0 Å². The summed E-state index contributed by atoms with van der Waals surface area (Å²) >= 11 is 0. The number of hydrogen-bond donors (Lipinski definition) is 2. The van der Waals surface area contributed by atoms with Crippen molar-refractivity contribution in [2.24, 2.45) is 17.8 Å². The highest BCUT2D eigenvalue weighted by atomic mass is 16.6. The van der Waals surface area contributed by atoms with Crippen LogP contribution in [0.25, 0.3) is 6.08 Å². The molecule has 2 fully saturated rings. The zero-order chi connectivity index (χ0) is 32.9. The molecule has 248 valence electrons. The van der Waals surface area contributed by atoms with Gasteiger partial charge in [0.15, 0.2) is 12.0 Å². The Hall–Kier alpha value is -3.05. The number of ether oxygens (including phenoxy) is 4. The van der Waals surface area contributed by atoms with Gasteiger partial charge in [0.05, 0.1) is 12.2 Å². The van der Waals surface area contributed by atoms with Gasteiger partial charge >= 0.3 is 11.9 Å². The number of cyclic esters (lactones) is 1. The predicted octanol–water partition coefficient (Wildman–Crippen LogP) is 5.03. The first-order valence-corrected chi connectivity index (χ1v) is 15.9. The zero-order valence-electron chi connectivity index (χ0n) is 27.5. The highest BCUT2D eigenvalue weighted by Crippen LogP contribution is 2.43. The molecule has 0 amide bonds. The lowest BCUT2D eigenvalue weighted by Crippen LogP contribution is -2.42. The van der Waals surface area contributed by atoms with Crippen LogP contribution in [-0.4, -0.2) is 76.5 Å². The summed E-state index contributed by atoms with van der Waals surface area (Å²) in [7, 11) is 1.60. The Labute approximate surface area is 266 Å². The summed E-state index contributed by atoms with van der Waals surface area (Å²) in [6, 6.07) is 0. The highest BCUT2D eigenvalue weighted by Gasteiger charge is 2.57. The van der Waals surface area contributed by atoms with Crippen molar-refractivity contribution in [3.05, 3.63) is 59.4 Å². The van der Waals surface area contributed by atoms with Crippen molar-refractivity contribution in [2.75, 3.05) is 7.11 Å². The number of nitrogens with zero attached hydrogens (tertiary/aromatic N) is 1. The number of aryl methyl sites for hydroxylation is 1. The minimum atomic E-state index is -1.36. The molecule has 2 saturated heterocycles. The molecule has 45 heavy (non-hydrogen) atoms. The van der Waals surface area contributed by atoms with E-state index in [0.29, 0.717) is 18.7 Å². The lowest BCUT2D eigenvalue weighted by Gasteiger charge is -2.34. The van der Waals surface area contributed by atoms with Crippen LogP contribution < -0.4 is 0 Å². The van der Waals surface area contributed by atoms with Gasteiger partial charge in [0.2, 0.25) is 0 Å². The van der Waals surface area contributed by atoms with Gasteiger partial charge in [0, 0.05) is 38.7 Å². The van der Waals surface area contributed by atoms with E-state index in [1.54, 1.807) is 20.3 Å². The molecule has 0 aromatic carbocycles. The van der Waals surface area contributed by atoms with Gasteiger partial charge in [-0.1, -0.05) is 44.2 Å². The Bertz CT molecular complexity index is 1310. The Balaban J connectivity index is 1.52. The van der Waals surface area contributed by atoms with Crippen molar-refractivity contribution >= 4 is 18.0 Å².